The normalized spacial score (nSPS) is 16.3. The molecule has 0 spiro atoms. The first kappa shape index (κ1) is 23.2. The summed E-state index contributed by atoms with van der Waals surface area (Å²) in [6.07, 6.45) is 1.15. The molecule has 1 heterocycles. The van der Waals surface area contributed by atoms with E-state index in [9.17, 15) is 4.79 Å². The number of hydrogen-bond donors (Lipinski definition) is 1. The van der Waals surface area contributed by atoms with Crippen LogP contribution in [0.4, 0.5) is 0 Å². The number of hydrogen-bond acceptors (Lipinski definition) is 2. The molecule has 3 rings (SSSR count). The van der Waals surface area contributed by atoms with Gasteiger partial charge in [0, 0.05) is 45.2 Å². The van der Waals surface area contributed by atoms with Crippen molar-refractivity contribution in [3.8, 4) is 0 Å². The molecule has 5 nitrogen and oxygen atoms in total. The number of carbonyl (C=O) groups excluding carboxylic acids is 1. The maximum atomic E-state index is 12.0. The first-order valence-corrected chi connectivity index (χ1v) is 9.97. The van der Waals surface area contributed by atoms with E-state index in [1.165, 1.54) is 5.56 Å². The molecule has 0 bridgehead atoms. The van der Waals surface area contributed by atoms with Crippen LogP contribution in [0.1, 0.15) is 40.7 Å². The minimum atomic E-state index is 0. The maximum Gasteiger partial charge on any atom is 0.253 e. The van der Waals surface area contributed by atoms with E-state index in [0.717, 1.165) is 37.6 Å². The second kappa shape index (κ2) is 11.2. The highest BCUT2D eigenvalue weighted by Crippen LogP contribution is 2.27. The van der Waals surface area contributed by atoms with Crippen LogP contribution in [0.5, 0.6) is 0 Å². The van der Waals surface area contributed by atoms with Gasteiger partial charge in [-0.25, -0.2) is 4.99 Å². The molecule has 0 aromatic heterocycles. The molecular formula is C23H31IN4O. The van der Waals surface area contributed by atoms with Crippen molar-refractivity contribution in [2.45, 2.75) is 25.8 Å². The zero-order chi connectivity index (χ0) is 19.9. The Balaban J connectivity index is 0.00000300. The molecule has 1 amide bonds. The quantitative estimate of drug-likeness (QED) is 0.380. The molecule has 1 aliphatic rings. The van der Waals surface area contributed by atoms with Gasteiger partial charge in [-0.2, -0.15) is 0 Å². The first-order valence-electron chi connectivity index (χ1n) is 9.97. The summed E-state index contributed by atoms with van der Waals surface area (Å²) in [4.78, 5) is 20.8. The zero-order valence-corrected chi connectivity index (χ0v) is 19.8. The van der Waals surface area contributed by atoms with E-state index < -0.39 is 0 Å². The second-order valence-corrected chi connectivity index (χ2v) is 7.41. The van der Waals surface area contributed by atoms with Crippen LogP contribution in [-0.2, 0) is 6.54 Å². The predicted molar refractivity (Wildman–Crippen MR) is 130 cm³/mol. The Morgan fingerprint density at radius 1 is 1.14 bits per heavy atom. The number of likely N-dealkylation sites (tertiary alicyclic amines) is 1. The van der Waals surface area contributed by atoms with Crippen LogP contribution in [0.15, 0.2) is 59.6 Å². The molecule has 0 radical (unpaired) electrons. The number of carbonyl (C=O) groups is 1. The third kappa shape index (κ3) is 6.19. The topological polar surface area (TPSA) is 47.9 Å². The Morgan fingerprint density at radius 2 is 1.83 bits per heavy atom. The molecule has 29 heavy (non-hydrogen) atoms. The number of halogens is 1. The van der Waals surface area contributed by atoms with Crippen molar-refractivity contribution in [3.63, 3.8) is 0 Å². The van der Waals surface area contributed by atoms with Crippen LogP contribution < -0.4 is 5.32 Å². The number of amides is 1. The van der Waals surface area contributed by atoms with Crippen LogP contribution in [0.3, 0.4) is 0 Å². The van der Waals surface area contributed by atoms with Crippen molar-refractivity contribution < 1.29 is 4.79 Å². The summed E-state index contributed by atoms with van der Waals surface area (Å²) in [5, 5.41) is 3.43. The number of nitrogens with zero attached hydrogens (tertiary/aromatic N) is 3. The maximum absolute atomic E-state index is 12.0. The minimum absolute atomic E-state index is 0. The van der Waals surface area contributed by atoms with E-state index >= 15 is 0 Å². The van der Waals surface area contributed by atoms with Crippen molar-refractivity contribution in [1.82, 2.24) is 15.1 Å². The summed E-state index contributed by atoms with van der Waals surface area (Å²) in [7, 11) is 3.53. The number of guanidine groups is 1. The Morgan fingerprint density at radius 3 is 2.45 bits per heavy atom. The zero-order valence-electron chi connectivity index (χ0n) is 17.5. The summed E-state index contributed by atoms with van der Waals surface area (Å²) in [5.41, 5.74) is 3.21. The van der Waals surface area contributed by atoms with Crippen LogP contribution >= 0.6 is 24.0 Å². The second-order valence-electron chi connectivity index (χ2n) is 7.41. The molecule has 1 saturated heterocycles. The molecule has 0 saturated carbocycles. The third-order valence-electron chi connectivity index (χ3n) is 5.11. The molecule has 1 N–H and O–H groups in total. The monoisotopic (exact) mass is 506 g/mol. The largest absolute Gasteiger partial charge is 0.357 e. The van der Waals surface area contributed by atoms with Gasteiger partial charge in [-0.05, 0) is 36.6 Å². The van der Waals surface area contributed by atoms with Crippen LogP contribution in [-0.4, -0.2) is 55.4 Å². The molecule has 1 atom stereocenters. The smallest absolute Gasteiger partial charge is 0.253 e. The molecular weight excluding hydrogens is 475 g/mol. The fourth-order valence-corrected chi connectivity index (χ4v) is 3.55. The summed E-state index contributed by atoms with van der Waals surface area (Å²) < 4.78 is 0. The van der Waals surface area contributed by atoms with Gasteiger partial charge >= 0.3 is 0 Å². The lowest BCUT2D eigenvalue weighted by Gasteiger charge is -2.22. The van der Waals surface area contributed by atoms with Crippen LogP contribution in [0.2, 0.25) is 0 Å². The molecule has 1 unspecified atom stereocenters. The van der Waals surface area contributed by atoms with Crippen molar-refractivity contribution in [3.05, 3.63) is 71.3 Å². The molecule has 1 aliphatic heterocycles. The fourth-order valence-electron chi connectivity index (χ4n) is 3.55. The highest BCUT2D eigenvalue weighted by molar-refractivity contribution is 14.0. The summed E-state index contributed by atoms with van der Waals surface area (Å²) in [6.45, 7) is 5.56. The van der Waals surface area contributed by atoms with E-state index in [4.69, 9.17) is 4.99 Å². The SMILES string of the molecule is CCNC(=NCc1ccc(C(=O)N(C)C)cc1)N1CCC(c2ccccc2)C1.I. The Labute approximate surface area is 191 Å². The Hall–Kier alpha value is -2.09. The first-order chi connectivity index (χ1) is 13.6. The molecule has 0 aliphatic carbocycles. The molecule has 2 aromatic carbocycles. The number of benzene rings is 2. The van der Waals surface area contributed by atoms with E-state index in [-0.39, 0.29) is 29.9 Å². The van der Waals surface area contributed by atoms with Gasteiger partial charge in [-0.15, -0.1) is 24.0 Å². The van der Waals surface area contributed by atoms with E-state index in [1.54, 1.807) is 19.0 Å². The minimum Gasteiger partial charge on any atom is -0.357 e. The van der Waals surface area contributed by atoms with Crippen molar-refractivity contribution in [2.24, 2.45) is 4.99 Å². The number of rotatable bonds is 5. The van der Waals surface area contributed by atoms with Crippen LogP contribution in [0, 0.1) is 0 Å². The van der Waals surface area contributed by atoms with Crippen molar-refractivity contribution in [1.29, 1.82) is 0 Å². The highest BCUT2D eigenvalue weighted by Gasteiger charge is 2.25. The average Bonchev–Trinajstić information content (AvgIpc) is 3.21. The van der Waals surface area contributed by atoms with Gasteiger partial charge < -0.3 is 15.1 Å². The molecule has 156 valence electrons. The fraction of sp³-hybridized carbons (Fsp3) is 0.391. The van der Waals surface area contributed by atoms with E-state index in [2.05, 4.69) is 47.5 Å². The summed E-state index contributed by atoms with van der Waals surface area (Å²) in [6, 6.07) is 18.5. The summed E-state index contributed by atoms with van der Waals surface area (Å²) >= 11 is 0. The number of aliphatic imine (C=N–C) groups is 1. The van der Waals surface area contributed by atoms with Gasteiger partial charge in [0.15, 0.2) is 5.96 Å². The summed E-state index contributed by atoms with van der Waals surface area (Å²) in [5.74, 6) is 1.54. The molecule has 2 aromatic rings. The lowest BCUT2D eigenvalue weighted by atomic mass is 9.99. The standard InChI is InChI=1S/C23H30N4O.HI/c1-4-24-23(27-15-14-21(17-27)19-8-6-5-7-9-19)25-16-18-10-12-20(13-11-18)22(28)26(2)3;/h5-13,21H,4,14-17H2,1-3H3,(H,24,25);1H. The van der Waals surface area contributed by atoms with Crippen LogP contribution in [0.25, 0.3) is 0 Å². The Kier molecular flexibility index (Phi) is 8.95. The van der Waals surface area contributed by atoms with Gasteiger partial charge in [0.2, 0.25) is 0 Å². The Bertz CT molecular complexity index is 805. The van der Waals surface area contributed by atoms with Gasteiger partial charge in [-0.3, -0.25) is 4.79 Å². The lowest BCUT2D eigenvalue weighted by Crippen LogP contribution is -2.40. The lowest BCUT2D eigenvalue weighted by molar-refractivity contribution is 0.0827. The molecule has 6 heteroatoms. The van der Waals surface area contributed by atoms with Crippen molar-refractivity contribution >= 4 is 35.8 Å². The van der Waals surface area contributed by atoms with Gasteiger partial charge in [0.25, 0.3) is 5.91 Å². The van der Waals surface area contributed by atoms with Gasteiger partial charge in [0.1, 0.15) is 0 Å². The van der Waals surface area contributed by atoms with Gasteiger partial charge in [0.05, 0.1) is 6.54 Å². The van der Waals surface area contributed by atoms with E-state index in [0.29, 0.717) is 18.0 Å². The predicted octanol–water partition coefficient (Wildman–Crippen LogP) is 3.96. The van der Waals surface area contributed by atoms with E-state index in [1.807, 2.05) is 24.3 Å². The number of nitrogens with one attached hydrogen (secondary N) is 1. The highest BCUT2D eigenvalue weighted by atomic mass is 127. The van der Waals surface area contributed by atoms with Gasteiger partial charge in [-0.1, -0.05) is 42.5 Å². The molecule has 1 fully saturated rings. The van der Waals surface area contributed by atoms with Crippen molar-refractivity contribution in [2.75, 3.05) is 33.7 Å². The third-order valence-corrected chi connectivity index (χ3v) is 5.11. The average molecular weight is 506 g/mol.